The van der Waals surface area contributed by atoms with Crippen LogP contribution in [0.2, 0.25) is 0 Å². The van der Waals surface area contributed by atoms with Crippen LogP contribution in [0.15, 0.2) is 30.3 Å². The Morgan fingerprint density at radius 2 is 2.30 bits per heavy atom. The highest BCUT2D eigenvalue weighted by Crippen LogP contribution is 2.16. The van der Waals surface area contributed by atoms with Gasteiger partial charge in [0.2, 0.25) is 5.91 Å². The van der Waals surface area contributed by atoms with E-state index in [0.717, 1.165) is 11.3 Å². The number of β-amino-alcohol motifs (C(OH)–C–C–N with tert-alkyl or cyclic N) is 1. The summed E-state index contributed by atoms with van der Waals surface area (Å²) < 4.78 is 5.61. The van der Waals surface area contributed by atoms with Gasteiger partial charge in [0.1, 0.15) is 5.75 Å². The van der Waals surface area contributed by atoms with E-state index in [4.69, 9.17) is 4.74 Å². The highest BCUT2D eigenvalue weighted by atomic mass is 16.5. The Labute approximate surface area is 119 Å². The molecule has 108 valence electrons. The van der Waals surface area contributed by atoms with E-state index in [0.29, 0.717) is 19.5 Å². The molecule has 0 radical (unpaired) electrons. The van der Waals surface area contributed by atoms with Crippen molar-refractivity contribution >= 4 is 12.0 Å². The lowest BCUT2D eigenvalue weighted by atomic mass is 10.2. The predicted molar refractivity (Wildman–Crippen MR) is 78.4 cm³/mol. The molecule has 1 amide bonds. The van der Waals surface area contributed by atoms with Gasteiger partial charge in [-0.15, -0.1) is 0 Å². The van der Waals surface area contributed by atoms with E-state index in [2.05, 4.69) is 0 Å². The largest absolute Gasteiger partial charge is 0.491 e. The fourth-order valence-corrected chi connectivity index (χ4v) is 2.18. The van der Waals surface area contributed by atoms with E-state index in [-0.39, 0.29) is 18.1 Å². The van der Waals surface area contributed by atoms with Crippen LogP contribution in [0.3, 0.4) is 0 Å². The Bertz CT molecular complexity index is 496. The number of ether oxygens (including phenoxy) is 1. The molecule has 20 heavy (non-hydrogen) atoms. The predicted octanol–water partition coefficient (Wildman–Crippen LogP) is 2.08. The van der Waals surface area contributed by atoms with Crippen LogP contribution >= 0.6 is 0 Å². The van der Waals surface area contributed by atoms with E-state index >= 15 is 0 Å². The molecule has 1 saturated heterocycles. The molecule has 0 unspecified atom stereocenters. The van der Waals surface area contributed by atoms with E-state index in [1.165, 1.54) is 0 Å². The second-order valence-corrected chi connectivity index (χ2v) is 5.30. The summed E-state index contributed by atoms with van der Waals surface area (Å²) in [5.41, 5.74) is 0.927. The first-order valence-corrected chi connectivity index (χ1v) is 6.96. The van der Waals surface area contributed by atoms with Gasteiger partial charge in [-0.25, -0.2) is 0 Å². The summed E-state index contributed by atoms with van der Waals surface area (Å²) in [6, 6.07) is 7.63. The van der Waals surface area contributed by atoms with Gasteiger partial charge in [0.15, 0.2) is 0 Å². The molecule has 4 nitrogen and oxygen atoms in total. The second kappa shape index (κ2) is 6.57. The molecule has 1 aromatic carbocycles. The quantitative estimate of drug-likeness (QED) is 0.856. The van der Waals surface area contributed by atoms with Crippen molar-refractivity contribution in [3.63, 3.8) is 0 Å². The van der Waals surface area contributed by atoms with E-state index in [9.17, 15) is 9.90 Å². The lowest BCUT2D eigenvalue weighted by Crippen LogP contribution is -2.27. The maximum atomic E-state index is 11.9. The molecule has 1 heterocycles. The van der Waals surface area contributed by atoms with Crippen LogP contribution in [0, 0.1) is 0 Å². The van der Waals surface area contributed by atoms with Crippen molar-refractivity contribution < 1.29 is 14.6 Å². The van der Waals surface area contributed by atoms with Gasteiger partial charge in [-0.2, -0.15) is 0 Å². The van der Waals surface area contributed by atoms with Gasteiger partial charge in [-0.05, 0) is 44.0 Å². The Kier molecular flexibility index (Phi) is 4.79. The molecule has 0 bridgehead atoms. The standard InChI is InChI=1S/C16H21NO3/c1-12(2)20-15-5-3-4-13(10-15)6-7-16(19)17-9-8-14(18)11-17/h3-7,10,12,14,18H,8-9,11H2,1-2H3/t14-/m1/s1. The zero-order valence-electron chi connectivity index (χ0n) is 12.0. The molecule has 1 N–H and O–H groups in total. The van der Waals surface area contributed by atoms with Gasteiger partial charge in [-0.3, -0.25) is 4.79 Å². The molecule has 0 aliphatic carbocycles. The number of hydrogen-bond donors (Lipinski definition) is 1. The van der Waals surface area contributed by atoms with Gasteiger partial charge in [-0.1, -0.05) is 12.1 Å². The van der Waals surface area contributed by atoms with Crippen molar-refractivity contribution in [3.8, 4) is 5.75 Å². The number of aliphatic hydroxyl groups excluding tert-OH is 1. The molecule has 1 aromatic rings. The van der Waals surface area contributed by atoms with Crippen LogP contribution in [0.4, 0.5) is 0 Å². The van der Waals surface area contributed by atoms with Crippen molar-refractivity contribution in [3.05, 3.63) is 35.9 Å². The number of carbonyl (C=O) groups is 1. The van der Waals surface area contributed by atoms with Gasteiger partial charge < -0.3 is 14.7 Å². The number of nitrogens with zero attached hydrogens (tertiary/aromatic N) is 1. The van der Waals surface area contributed by atoms with Crippen LogP contribution in [0.5, 0.6) is 5.75 Å². The molecule has 0 spiro atoms. The van der Waals surface area contributed by atoms with Gasteiger partial charge >= 0.3 is 0 Å². The maximum absolute atomic E-state index is 11.9. The van der Waals surface area contributed by atoms with Crippen molar-refractivity contribution in [2.75, 3.05) is 13.1 Å². The van der Waals surface area contributed by atoms with E-state index in [1.807, 2.05) is 38.1 Å². The summed E-state index contributed by atoms with van der Waals surface area (Å²) in [5, 5.41) is 9.42. The molecule has 2 rings (SSSR count). The average molecular weight is 275 g/mol. The number of carbonyl (C=O) groups excluding carboxylic acids is 1. The molecular formula is C16H21NO3. The van der Waals surface area contributed by atoms with Crippen LogP contribution in [-0.4, -0.2) is 41.2 Å². The molecule has 1 atom stereocenters. The maximum Gasteiger partial charge on any atom is 0.246 e. The highest BCUT2D eigenvalue weighted by molar-refractivity contribution is 5.92. The molecule has 0 aromatic heterocycles. The Morgan fingerprint density at radius 1 is 1.50 bits per heavy atom. The fourth-order valence-electron chi connectivity index (χ4n) is 2.18. The van der Waals surface area contributed by atoms with Crippen LogP contribution in [0.1, 0.15) is 25.8 Å². The smallest absolute Gasteiger partial charge is 0.246 e. The number of likely N-dealkylation sites (tertiary alicyclic amines) is 1. The molecule has 1 aliphatic rings. The van der Waals surface area contributed by atoms with Crippen molar-refractivity contribution in [1.29, 1.82) is 0 Å². The summed E-state index contributed by atoms with van der Waals surface area (Å²) in [7, 11) is 0. The highest BCUT2D eigenvalue weighted by Gasteiger charge is 2.22. The fraction of sp³-hybridized carbons (Fsp3) is 0.438. The molecule has 1 aliphatic heterocycles. The summed E-state index contributed by atoms with van der Waals surface area (Å²) in [6.07, 6.45) is 3.74. The average Bonchev–Trinajstić information content (AvgIpc) is 2.82. The second-order valence-electron chi connectivity index (χ2n) is 5.30. The molecule has 1 fully saturated rings. The summed E-state index contributed by atoms with van der Waals surface area (Å²) in [4.78, 5) is 13.6. The van der Waals surface area contributed by atoms with Gasteiger partial charge in [0.05, 0.1) is 12.2 Å². The molecule has 4 heteroatoms. The lowest BCUT2D eigenvalue weighted by molar-refractivity contribution is -0.125. The summed E-state index contributed by atoms with van der Waals surface area (Å²) in [5.74, 6) is 0.739. The monoisotopic (exact) mass is 275 g/mol. The first kappa shape index (κ1) is 14.6. The molecular weight excluding hydrogens is 254 g/mol. The normalized spacial score (nSPS) is 19.0. The number of benzene rings is 1. The van der Waals surface area contributed by atoms with Crippen molar-refractivity contribution in [2.24, 2.45) is 0 Å². The van der Waals surface area contributed by atoms with Crippen LogP contribution < -0.4 is 4.74 Å². The minimum Gasteiger partial charge on any atom is -0.491 e. The third-order valence-electron chi connectivity index (χ3n) is 3.12. The Balaban J connectivity index is 1.98. The number of amides is 1. The number of rotatable bonds is 4. The number of hydrogen-bond acceptors (Lipinski definition) is 3. The van der Waals surface area contributed by atoms with Crippen LogP contribution in [-0.2, 0) is 4.79 Å². The van der Waals surface area contributed by atoms with E-state index in [1.54, 1.807) is 17.1 Å². The SMILES string of the molecule is CC(C)Oc1cccc(C=CC(=O)N2CC[C@@H](O)C2)c1. The minimum absolute atomic E-state index is 0.0586. The Hall–Kier alpha value is -1.81. The van der Waals surface area contributed by atoms with Gasteiger partial charge in [0.25, 0.3) is 0 Å². The minimum atomic E-state index is -0.380. The third-order valence-corrected chi connectivity index (χ3v) is 3.12. The van der Waals surface area contributed by atoms with Crippen molar-refractivity contribution in [2.45, 2.75) is 32.5 Å². The topological polar surface area (TPSA) is 49.8 Å². The summed E-state index contributed by atoms with van der Waals surface area (Å²) >= 11 is 0. The van der Waals surface area contributed by atoms with E-state index < -0.39 is 0 Å². The van der Waals surface area contributed by atoms with Crippen molar-refractivity contribution in [1.82, 2.24) is 4.90 Å². The zero-order valence-corrected chi connectivity index (χ0v) is 12.0. The third kappa shape index (κ3) is 4.10. The zero-order chi connectivity index (χ0) is 14.5. The molecule has 0 saturated carbocycles. The first-order valence-electron chi connectivity index (χ1n) is 6.96. The Morgan fingerprint density at radius 3 is 2.95 bits per heavy atom. The number of aliphatic hydroxyl groups is 1. The lowest BCUT2D eigenvalue weighted by Gasteiger charge is -2.12. The van der Waals surface area contributed by atoms with Crippen LogP contribution in [0.25, 0.3) is 6.08 Å². The summed E-state index contributed by atoms with van der Waals surface area (Å²) in [6.45, 7) is 5.01. The van der Waals surface area contributed by atoms with Gasteiger partial charge in [0, 0.05) is 19.2 Å². The first-order chi connectivity index (χ1) is 9.54.